The second kappa shape index (κ2) is 7.44. The van der Waals surface area contributed by atoms with Gasteiger partial charge in [0.05, 0.1) is 0 Å². The molecule has 0 unspecified atom stereocenters. The molecule has 0 aliphatic carbocycles. The summed E-state index contributed by atoms with van der Waals surface area (Å²) in [5.74, 6) is 9.24. The average Bonchev–Trinajstić information content (AvgIpc) is 3.18. The molecule has 122 valence electrons. The topological polar surface area (TPSA) is 0 Å². The van der Waals surface area contributed by atoms with Crippen LogP contribution in [0.1, 0.15) is 11.1 Å². The zero-order valence-electron chi connectivity index (χ0n) is 13.8. The number of benzene rings is 3. The number of hydrogen-bond donors (Lipinski definition) is 0. The van der Waals surface area contributed by atoms with Crippen molar-refractivity contribution in [2.45, 2.75) is 4.08 Å². The Morgan fingerprint density at radius 1 is 0.640 bits per heavy atom. The molecule has 0 atom stereocenters. The van der Waals surface area contributed by atoms with Gasteiger partial charge in [0.15, 0.2) is 0 Å². The van der Waals surface area contributed by atoms with Gasteiger partial charge < -0.3 is 0 Å². The fraction of sp³-hybridized carbons (Fsp3) is 0.130. The highest BCUT2D eigenvalue weighted by atomic mass is 32.2. The molecule has 2 heteroatoms. The van der Waals surface area contributed by atoms with E-state index in [1.165, 1.54) is 16.7 Å². The SMILES string of the molecule is C(#CC1(c2ccc(-c3ccccc3)cc2)SCCS1)c1ccccc1. The van der Waals surface area contributed by atoms with Gasteiger partial charge in [0, 0.05) is 17.1 Å². The minimum Gasteiger partial charge on any atom is -0.126 e. The van der Waals surface area contributed by atoms with E-state index in [-0.39, 0.29) is 4.08 Å². The maximum atomic E-state index is 3.56. The molecule has 1 aliphatic heterocycles. The lowest BCUT2D eigenvalue weighted by Gasteiger charge is -2.21. The molecule has 3 aromatic carbocycles. The quantitative estimate of drug-likeness (QED) is 0.512. The molecule has 0 spiro atoms. The highest BCUT2D eigenvalue weighted by Gasteiger charge is 2.35. The maximum Gasteiger partial charge on any atom is 0.148 e. The minimum absolute atomic E-state index is 0.148. The van der Waals surface area contributed by atoms with Crippen molar-refractivity contribution >= 4 is 23.5 Å². The average molecular weight is 359 g/mol. The zero-order chi connectivity index (χ0) is 17.0. The lowest BCUT2D eigenvalue weighted by Crippen LogP contribution is -2.11. The third-order valence-corrected chi connectivity index (χ3v) is 7.48. The molecule has 3 aromatic rings. The van der Waals surface area contributed by atoms with Gasteiger partial charge in [0.2, 0.25) is 0 Å². The molecule has 0 nitrogen and oxygen atoms in total. The van der Waals surface area contributed by atoms with E-state index in [9.17, 15) is 0 Å². The summed E-state index contributed by atoms with van der Waals surface area (Å²) in [5.41, 5.74) is 4.88. The Labute approximate surface area is 158 Å². The number of thioether (sulfide) groups is 2. The standard InChI is InChI=1S/C23H18S2/c1-3-7-19(8-4-1)15-16-23(24-17-18-25-23)22-13-11-21(12-14-22)20-9-5-2-6-10-20/h1-14H,17-18H2. The summed E-state index contributed by atoms with van der Waals surface area (Å²) in [6.07, 6.45) is 0. The molecule has 0 N–H and O–H groups in total. The van der Waals surface area contributed by atoms with Crippen molar-refractivity contribution in [3.8, 4) is 23.0 Å². The van der Waals surface area contributed by atoms with E-state index >= 15 is 0 Å². The third-order valence-electron chi connectivity index (χ3n) is 4.21. The molecule has 1 saturated heterocycles. The number of hydrogen-bond acceptors (Lipinski definition) is 2. The van der Waals surface area contributed by atoms with Gasteiger partial charge >= 0.3 is 0 Å². The van der Waals surface area contributed by atoms with Crippen LogP contribution in [-0.4, -0.2) is 11.5 Å². The van der Waals surface area contributed by atoms with E-state index in [0.29, 0.717) is 0 Å². The fourth-order valence-corrected chi connectivity index (χ4v) is 5.84. The summed E-state index contributed by atoms with van der Waals surface area (Å²) in [6.45, 7) is 0. The van der Waals surface area contributed by atoms with Gasteiger partial charge in [0.25, 0.3) is 0 Å². The van der Waals surface area contributed by atoms with E-state index < -0.39 is 0 Å². The summed E-state index contributed by atoms with van der Waals surface area (Å²) in [7, 11) is 0. The van der Waals surface area contributed by atoms with Crippen LogP contribution >= 0.6 is 23.5 Å². The van der Waals surface area contributed by atoms with Gasteiger partial charge in [-0.05, 0) is 28.8 Å². The van der Waals surface area contributed by atoms with E-state index in [0.717, 1.165) is 17.1 Å². The molecule has 1 aliphatic rings. The summed E-state index contributed by atoms with van der Waals surface area (Å²) < 4.78 is -0.148. The largest absolute Gasteiger partial charge is 0.148 e. The first-order valence-electron chi connectivity index (χ1n) is 8.38. The second-order valence-corrected chi connectivity index (χ2v) is 8.75. The molecule has 0 saturated carbocycles. The van der Waals surface area contributed by atoms with Crippen LogP contribution in [0.2, 0.25) is 0 Å². The third kappa shape index (κ3) is 3.63. The van der Waals surface area contributed by atoms with Gasteiger partial charge in [-0.25, -0.2) is 0 Å². The molecular weight excluding hydrogens is 340 g/mol. The highest BCUT2D eigenvalue weighted by Crippen LogP contribution is 2.51. The van der Waals surface area contributed by atoms with E-state index in [4.69, 9.17) is 0 Å². The Hall–Kier alpha value is -2.08. The van der Waals surface area contributed by atoms with Crippen molar-refractivity contribution < 1.29 is 0 Å². The normalized spacial score (nSPS) is 15.4. The van der Waals surface area contributed by atoms with Crippen molar-refractivity contribution in [1.29, 1.82) is 0 Å². The van der Waals surface area contributed by atoms with E-state index in [1.54, 1.807) is 0 Å². The van der Waals surface area contributed by atoms with Gasteiger partial charge in [-0.1, -0.05) is 84.6 Å². The maximum absolute atomic E-state index is 3.56. The van der Waals surface area contributed by atoms with Crippen LogP contribution in [0.3, 0.4) is 0 Å². The molecule has 0 amide bonds. The molecule has 4 rings (SSSR count). The van der Waals surface area contributed by atoms with E-state index in [2.05, 4.69) is 78.6 Å². The fourth-order valence-electron chi connectivity index (χ4n) is 2.91. The molecule has 0 bridgehead atoms. The van der Waals surface area contributed by atoms with Crippen LogP contribution in [0.4, 0.5) is 0 Å². The van der Waals surface area contributed by atoms with Crippen LogP contribution in [-0.2, 0) is 4.08 Å². The molecular formula is C23H18S2. The van der Waals surface area contributed by atoms with Crippen molar-refractivity contribution in [2.75, 3.05) is 11.5 Å². The predicted octanol–water partition coefficient (Wildman–Crippen LogP) is 6.04. The zero-order valence-corrected chi connectivity index (χ0v) is 15.4. The first-order chi connectivity index (χ1) is 12.4. The Kier molecular flexibility index (Phi) is 4.88. The van der Waals surface area contributed by atoms with Crippen molar-refractivity contribution in [1.82, 2.24) is 0 Å². The molecule has 1 heterocycles. The van der Waals surface area contributed by atoms with Crippen LogP contribution in [0.25, 0.3) is 11.1 Å². The van der Waals surface area contributed by atoms with E-state index in [1.807, 2.05) is 41.7 Å². The first kappa shape index (κ1) is 16.4. The lowest BCUT2D eigenvalue weighted by molar-refractivity contribution is 1.20. The van der Waals surface area contributed by atoms with Crippen molar-refractivity contribution in [3.05, 3.63) is 96.1 Å². The van der Waals surface area contributed by atoms with Crippen LogP contribution < -0.4 is 0 Å². The van der Waals surface area contributed by atoms with Crippen molar-refractivity contribution in [2.24, 2.45) is 0 Å². The summed E-state index contributed by atoms with van der Waals surface area (Å²) in [4.78, 5) is 0. The van der Waals surface area contributed by atoms with Gasteiger partial charge in [-0.3, -0.25) is 0 Å². The lowest BCUT2D eigenvalue weighted by atomic mass is 10.0. The highest BCUT2D eigenvalue weighted by molar-refractivity contribution is 8.21. The van der Waals surface area contributed by atoms with Crippen LogP contribution in [0.15, 0.2) is 84.9 Å². The summed E-state index contributed by atoms with van der Waals surface area (Å²) in [6, 6.07) is 29.7. The van der Waals surface area contributed by atoms with Gasteiger partial charge in [-0.2, -0.15) is 0 Å². The monoisotopic (exact) mass is 358 g/mol. The minimum atomic E-state index is -0.148. The first-order valence-corrected chi connectivity index (χ1v) is 10.3. The van der Waals surface area contributed by atoms with Crippen LogP contribution in [0.5, 0.6) is 0 Å². The summed E-state index contributed by atoms with van der Waals surface area (Å²) in [5, 5.41) is 0. The molecule has 1 fully saturated rings. The predicted molar refractivity (Wildman–Crippen MR) is 112 cm³/mol. The Bertz CT molecular complexity index is 882. The van der Waals surface area contributed by atoms with Crippen LogP contribution in [0, 0.1) is 11.8 Å². The Morgan fingerprint density at radius 3 is 1.84 bits per heavy atom. The molecule has 0 radical (unpaired) electrons. The van der Waals surface area contributed by atoms with Gasteiger partial charge in [0.1, 0.15) is 4.08 Å². The number of rotatable bonds is 2. The Morgan fingerprint density at radius 2 is 1.20 bits per heavy atom. The summed E-state index contributed by atoms with van der Waals surface area (Å²) >= 11 is 3.91. The van der Waals surface area contributed by atoms with Gasteiger partial charge in [-0.15, -0.1) is 23.5 Å². The smallest absolute Gasteiger partial charge is 0.126 e. The Balaban J connectivity index is 1.66. The van der Waals surface area contributed by atoms with Crippen molar-refractivity contribution in [3.63, 3.8) is 0 Å². The molecule has 0 aromatic heterocycles. The second-order valence-electron chi connectivity index (χ2n) is 5.87. The molecule has 25 heavy (non-hydrogen) atoms.